The van der Waals surface area contributed by atoms with Gasteiger partial charge in [0, 0.05) is 16.6 Å². The SMILES string of the molecule is CCCCCCCCOc1ccc(Nc2nc(-c3cccc(C(F)(F)F)c3)cs2)cc1C(F)(F)F. The van der Waals surface area contributed by atoms with Gasteiger partial charge in [0.25, 0.3) is 0 Å². The third-order valence-electron chi connectivity index (χ3n) is 5.28. The van der Waals surface area contributed by atoms with Crippen molar-refractivity contribution in [1.82, 2.24) is 4.98 Å². The number of alkyl halides is 6. The zero-order valence-electron chi connectivity index (χ0n) is 19.1. The molecule has 0 aliphatic heterocycles. The van der Waals surface area contributed by atoms with E-state index in [1.807, 2.05) is 0 Å². The van der Waals surface area contributed by atoms with Crippen molar-refractivity contribution in [3.63, 3.8) is 0 Å². The highest BCUT2D eigenvalue weighted by Crippen LogP contribution is 2.39. The molecule has 0 bridgehead atoms. The van der Waals surface area contributed by atoms with Crippen LogP contribution in [0.1, 0.15) is 56.6 Å². The lowest BCUT2D eigenvalue weighted by Gasteiger charge is -2.15. The third-order valence-corrected chi connectivity index (χ3v) is 6.04. The lowest BCUT2D eigenvalue weighted by atomic mass is 10.1. The third kappa shape index (κ3) is 7.88. The Labute approximate surface area is 204 Å². The van der Waals surface area contributed by atoms with E-state index in [1.54, 1.807) is 5.38 Å². The lowest BCUT2D eigenvalue weighted by molar-refractivity contribution is -0.139. The highest BCUT2D eigenvalue weighted by molar-refractivity contribution is 7.14. The van der Waals surface area contributed by atoms with Crippen LogP contribution in [0.5, 0.6) is 5.75 Å². The molecule has 3 aromatic rings. The van der Waals surface area contributed by atoms with Crippen molar-refractivity contribution in [3.8, 4) is 17.0 Å². The van der Waals surface area contributed by atoms with Gasteiger partial charge < -0.3 is 10.1 Å². The molecule has 1 heterocycles. The maximum absolute atomic E-state index is 13.6. The van der Waals surface area contributed by atoms with Crippen LogP contribution in [0.2, 0.25) is 0 Å². The minimum absolute atomic E-state index is 0.147. The summed E-state index contributed by atoms with van der Waals surface area (Å²) in [5, 5.41) is 4.60. The lowest BCUT2D eigenvalue weighted by Crippen LogP contribution is -2.10. The summed E-state index contributed by atoms with van der Waals surface area (Å²) in [6.45, 7) is 2.32. The molecule has 35 heavy (non-hydrogen) atoms. The van der Waals surface area contributed by atoms with Crippen LogP contribution in [0.3, 0.4) is 0 Å². The fraction of sp³-hybridized carbons (Fsp3) is 0.400. The maximum Gasteiger partial charge on any atom is 0.420 e. The van der Waals surface area contributed by atoms with Gasteiger partial charge in [-0.3, -0.25) is 0 Å². The number of anilines is 2. The molecular formula is C25H26F6N2OS. The highest BCUT2D eigenvalue weighted by atomic mass is 32.1. The van der Waals surface area contributed by atoms with Gasteiger partial charge in [-0.1, -0.05) is 51.2 Å². The van der Waals surface area contributed by atoms with Crippen LogP contribution in [-0.4, -0.2) is 11.6 Å². The fourth-order valence-corrected chi connectivity index (χ4v) is 4.20. The number of hydrogen-bond acceptors (Lipinski definition) is 4. The Kier molecular flexibility index (Phi) is 9.04. The highest BCUT2D eigenvalue weighted by Gasteiger charge is 2.35. The first kappa shape index (κ1) is 26.8. The maximum atomic E-state index is 13.6. The zero-order chi connectivity index (χ0) is 25.5. The van der Waals surface area contributed by atoms with Crippen LogP contribution in [0.25, 0.3) is 11.3 Å². The number of unbranched alkanes of at least 4 members (excludes halogenated alkanes) is 5. The molecule has 0 saturated carbocycles. The monoisotopic (exact) mass is 516 g/mol. The summed E-state index contributed by atoms with van der Waals surface area (Å²) in [4.78, 5) is 4.23. The van der Waals surface area contributed by atoms with Gasteiger partial charge in [-0.25, -0.2) is 4.98 Å². The van der Waals surface area contributed by atoms with E-state index in [1.165, 1.54) is 24.3 Å². The van der Waals surface area contributed by atoms with Crippen LogP contribution in [-0.2, 0) is 12.4 Å². The summed E-state index contributed by atoms with van der Waals surface area (Å²) in [5.74, 6) is -0.236. The second kappa shape index (κ2) is 11.8. The summed E-state index contributed by atoms with van der Waals surface area (Å²) in [6, 6.07) is 8.39. The van der Waals surface area contributed by atoms with Crippen molar-refractivity contribution in [1.29, 1.82) is 0 Å². The Morgan fingerprint density at radius 3 is 2.34 bits per heavy atom. The fourth-order valence-electron chi connectivity index (χ4n) is 3.46. The quantitative estimate of drug-likeness (QED) is 0.204. The van der Waals surface area contributed by atoms with Gasteiger partial charge in [-0.2, -0.15) is 26.3 Å². The molecule has 1 aromatic heterocycles. The standard InChI is InChI=1S/C25H26F6N2OS/c1-2-3-4-5-6-7-13-34-22-12-11-19(15-20(22)25(29,30)31)32-23-33-21(16-35-23)17-9-8-10-18(14-17)24(26,27)28/h8-12,14-16H,2-7,13H2,1H3,(H,32,33). The number of thiazole rings is 1. The van der Waals surface area contributed by atoms with Gasteiger partial charge in [-0.15, -0.1) is 11.3 Å². The smallest absolute Gasteiger partial charge is 0.420 e. The van der Waals surface area contributed by atoms with E-state index < -0.39 is 23.5 Å². The summed E-state index contributed by atoms with van der Waals surface area (Å²) < 4.78 is 85.2. The average Bonchev–Trinajstić information content (AvgIpc) is 3.26. The number of halogens is 6. The molecule has 0 fully saturated rings. The Bertz CT molecular complexity index is 1090. The number of nitrogens with one attached hydrogen (secondary N) is 1. The molecule has 190 valence electrons. The molecule has 3 nitrogen and oxygen atoms in total. The molecule has 1 N–H and O–H groups in total. The van der Waals surface area contributed by atoms with Crippen LogP contribution in [0.4, 0.5) is 37.2 Å². The first-order valence-electron chi connectivity index (χ1n) is 11.3. The molecule has 0 aliphatic rings. The van der Waals surface area contributed by atoms with Crippen molar-refractivity contribution in [2.24, 2.45) is 0 Å². The van der Waals surface area contributed by atoms with Crippen LogP contribution in [0.15, 0.2) is 47.8 Å². The molecule has 0 saturated heterocycles. The van der Waals surface area contributed by atoms with E-state index in [4.69, 9.17) is 4.74 Å². The summed E-state index contributed by atoms with van der Waals surface area (Å²) >= 11 is 1.08. The van der Waals surface area contributed by atoms with E-state index in [0.29, 0.717) is 12.1 Å². The molecule has 0 aliphatic carbocycles. The molecule has 2 aromatic carbocycles. The first-order chi connectivity index (χ1) is 16.6. The predicted octanol–water partition coefficient (Wildman–Crippen LogP) is 9.33. The van der Waals surface area contributed by atoms with E-state index in [0.717, 1.165) is 61.6 Å². The second-order valence-corrected chi connectivity index (χ2v) is 8.92. The van der Waals surface area contributed by atoms with Gasteiger partial charge in [0.15, 0.2) is 5.13 Å². The Morgan fingerprint density at radius 1 is 0.886 bits per heavy atom. The first-order valence-corrected chi connectivity index (χ1v) is 12.2. The van der Waals surface area contributed by atoms with E-state index in [2.05, 4.69) is 17.2 Å². The van der Waals surface area contributed by atoms with Crippen LogP contribution >= 0.6 is 11.3 Å². The van der Waals surface area contributed by atoms with Gasteiger partial charge in [0.05, 0.1) is 23.4 Å². The number of nitrogens with zero attached hydrogens (tertiary/aromatic N) is 1. The van der Waals surface area contributed by atoms with E-state index in [-0.39, 0.29) is 28.7 Å². The van der Waals surface area contributed by atoms with Gasteiger partial charge in [0.1, 0.15) is 5.75 Å². The van der Waals surface area contributed by atoms with Crippen molar-refractivity contribution < 1.29 is 31.1 Å². The molecule has 0 atom stereocenters. The van der Waals surface area contributed by atoms with Gasteiger partial charge >= 0.3 is 12.4 Å². The summed E-state index contributed by atoms with van der Waals surface area (Å²) in [6.07, 6.45) is -3.11. The van der Waals surface area contributed by atoms with Crippen LogP contribution in [0, 0.1) is 0 Å². The Balaban J connectivity index is 1.68. The average molecular weight is 517 g/mol. The molecule has 0 radical (unpaired) electrons. The number of aromatic nitrogens is 1. The van der Waals surface area contributed by atoms with Crippen molar-refractivity contribution >= 4 is 22.2 Å². The molecular weight excluding hydrogens is 490 g/mol. The molecule has 3 rings (SSSR count). The number of rotatable bonds is 11. The van der Waals surface area contributed by atoms with Crippen molar-refractivity contribution in [2.45, 2.75) is 57.8 Å². The van der Waals surface area contributed by atoms with E-state index in [9.17, 15) is 26.3 Å². The molecule has 10 heteroatoms. The minimum atomic E-state index is -4.61. The van der Waals surface area contributed by atoms with Crippen molar-refractivity contribution in [3.05, 3.63) is 59.0 Å². The largest absolute Gasteiger partial charge is 0.493 e. The van der Waals surface area contributed by atoms with Crippen LogP contribution < -0.4 is 10.1 Å². The number of benzene rings is 2. The molecule has 0 amide bonds. The van der Waals surface area contributed by atoms with E-state index >= 15 is 0 Å². The predicted molar refractivity (Wildman–Crippen MR) is 126 cm³/mol. The minimum Gasteiger partial charge on any atom is -0.493 e. The normalized spacial score (nSPS) is 12.1. The van der Waals surface area contributed by atoms with Gasteiger partial charge in [0.2, 0.25) is 0 Å². The zero-order valence-corrected chi connectivity index (χ0v) is 19.9. The molecule has 0 unspecified atom stereocenters. The topological polar surface area (TPSA) is 34.1 Å². The van der Waals surface area contributed by atoms with Gasteiger partial charge in [-0.05, 0) is 36.8 Å². The molecule has 0 spiro atoms. The number of hydrogen-bond donors (Lipinski definition) is 1. The Morgan fingerprint density at radius 2 is 1.63 bits per heavy atom. The second-order valence-electron chi connectivity index (χ2n) is 8.07. The summed E-state index contributed by atoms with van der Waals surface area (Å²) in [5.41, 5.74) is -1.00. The number of ether oxygens (including phenoxy) is 1. The Hall–Kier alpha value is -2.75. The van der Waals surface area contributed by atoms with Crippen molar-refractivity contribution in [2.75, 3.05) is 11.9 Å². The summed E-state index contributed by atoms with van der Waals surface area (Å²) in [7, 11) is 0.